The second-order valence-electron chi connectivity index (χ2n) is 7.88. The summed E-state index contributed by atoms with van der Waals surface area (Å²) in [5, 5.41) is 14.3. The number of nitrogens with one attached hydrogen (secondary N) is 1. The third-order valence-corrected chi connectivity index (χ3v) is 6.46. The van der Waals surface area contributed by atoms with Crippen LogP contribution in [-0.2, 0) is 6.42 Å². The van der Waals surface area contributed by atoms with Gasteiger partial charge in [-0.3, -0.25) is 5.11 Å². The van der Waals surface area contributed by atoms with Crippen molar-refractivity contribution in [2.75, 3.05) is 5.73 Å². The van der Waals surface area contributed by atoms with Gasteiger partial charge in [-0.2, -0.15) is 0 Å². The van der Waals surface area contributed by atoms with Gasteiger partial charge >= 0.3 is 0 Å². The summed E-state index contributed by atoms with van der Waals surface area (Å²) >= 11 is 0. The van der Waals surface area contributed by atoms with Gasteiger partial charge in [0.2, 0.25) is 5.69 Å². The Morgan fingerprint density at radius 2 is 1.61 bits per heavy atom. The molecule has 0 saturated heterocycles. The molecule has 6 aromatic rings. The molecule has 0 aliphatic heterocycles. The first-order valence-electron chi connectivity index (χ1n) is 9.53. The number of hydrogen-bond donors (Lipinski definition) is 2. The Balaban J connectivity index is 1.95. The molecule has 28 heavy (non-hydrogen) atoms. The quantitative estimate of drug-likeness (QED) is 0.180. The highest BCUT2D eigenvalue weighted by atomic mass is 15.0. The largest absolute Gasteiger partial charge is 0.502 e. The highest BCUT2D eigenvalue weighted by Crippen LogP contribution is 2.48. The highest BCUT2D eigenvalue weighted by molar-refractivity contribution is 6.39. The van der Waals surface area contributed by atoms with Crippen molar-refractivity contribution in [1.29, 1.82) is 0 Å². The molecule has 6 aromatic carbocycles. The molecule has 0 aromatic heterocycles. The van der Waals surface area contributed by atoms with Crippen LogP contribution in [0.2, 0.25) is 0 Å². The molecule has 0 amide bonds. The minimum atomic E-state index is 0.714. The lowest BCUT2D eigenvalue weighted by Gasteiger charge is -2.22. The maximum Gasteiger partial charge on any atom is 0.201 e. The van der Waals surface area contributed by atoms with E-state index in [1.54, 1.807) is 0 Å². The van der Waals surface area contributed by atoms with E-state index < -0.39 is 0 Å². The molecule has 3 nitrogen and oxygen atoms in total. The van der Waals surface area contributed by atoms with Crippen LogP contribution in [0.5, 0.6) is 0 Å². The van der Waals surface area contributed by atoms with Crippen LogP contribution in [0.4, 0.5) is 11.4 Å². The second-order valence-corrected chi connectivity index (χ2v) is 7.88. The van der Waals surface area contributed by atoms with Gasteiger partial charge in [0.1, 0.15) is 0 Å². The number of allylic oxidation sites excluding steroid dienone is 1. The smallest absolute Gasteiger partial charge is 0.201 e. The van der Waals surface area contributed by atoms with Gasteiger partial charge in [-0.25, -0.2) is 0 Å². The molecule has 3 N–H and O–H groups in total. The van der Waals surface area contributed by atoms with Gasteiger partial charge in [0.15, 0.2) is 0 Å². The first-order valence-corrected chi connectivity index (χ1v) is 9.53. The van der Waals surface area contributed by atoms with Gasteiger partial charge in [0, 0.05) is 27.9 Å². The highest BCUT2D eigenvalue weighted by Gasteiger charge is 2.23. The third-order valence-electron chi connectivity index (χ3n) is 6.46. The van der Waals surface area contributed by atoms with Crippen molar-refractivity contribution in [2.24, 2.45) is 0 Å². The van der Waals surface area contributed by atoms with E-state index in [0.717, 1.165) is 28.3 Å². The molecule has 130 valence electrons. The Hall–Kier alpha value is -3.72. The molecule has 1 aliphatic carbocycles. The predicted octanol–water partition coefficient (Wildman–Crippen LogP) is 5.21. The van der Waals surface area contributed by atoms with Gasteiger partial charge < -0.3 is 11.3 Å². The van der Waals surface area contributed by atoms with E-state index in [-0.39, 0.29) is 0 Å². The molecule has 3 heteroatoms. The van der Waals surface area contributed by atoms with Crippen LogP contribution >= 0.6 is 0 Å². The fourth-order valence-electron chi connectivity index (χ4n) is 5.40. The van der Waals surface area contributed by atoms with Gasteiger partial charge in [0.25, 0.3) is 0 Å². The summed E-state index contributed by atoms with van der Waals surface area (Å²) in [6.45, 7) is 0. The van der Waals surface area contributed by atoms with E-state index in [1.807, 2.05) is 6.07 Å². The van der Waals surface area contributed by atoms with Gasteiger partial charge in [-0.1, -0.05) is 36.4 Å². The van der Waals surface area contributed by atoms with E-state index in [1.165, 1.54) is 48.8 Å². The normalized spacial score (nSPS) is 13.7. The fraction of sp³-hybridized carbons (Fsp3) is 0.0400. The molecule has 0 atom stereocenters. The summed E-state index contributed by atoms with van der Waals surface area (Å²) in [5.41, 5.74) is 20.4. The standard InChI is InChI=1S/C25H15N3/c26-19-9-14-5-1-3-12-7-16-8-13-4-2-6-15-10-20(28-27)18-11-17(19)24(21(12)14)23(16)25(18)22(13)15/h1-2,4-11,28H,3,26H2. The Labute approximate surface area is 160 Å². The second kappa shape index (κ2) is 4.57. The van der Waals surface area contributed by atoms with Crippen molar-refractivity contribution in [3.05, 3.63) is 71.3 Å². The van der Waals surface area contributed by atoms with Crippen LogP contribution in [-0.4, -0.2) is 0 Å². The lowest BCUT2D eigenvalue weighted by Crippen LogP contribution is -2.54. The molecule has 0 spiro atoms. The summed E-state index contributed by atoms with van der Waals surface area (Å²) in [5.74, 6) is 0. The molecule has 0 fully saturated rings. The number of hydrogen-bond acceptors (Lipinski definition) is 1. The maximum absolute atomic E-state index is 9.87. The lowest BCUT2D eigenvalue weighted by molar-refractivity contribution is -0.377. The summed E-state index contributed by atoms with van der Waals surface area (Å²) in [7, 11) is 0. The Bertz CT molecular complexity index is 1660. The molecule has 1 aliphatic rings. The van der Waals surface area contributed by atoms with E-state index in [9.17, 15) is 5.53 Å². The average molecular weight is 357 g/mol. The van der Waals surface area contributed by atoms with Crippen molar-refractivity contribution in [3.63, 3.8) is 0 Å². The number of rotatable bonds is 1. The molecular formula is C25H15N3. The van der Waals surface area contributed by atoms with E-state index in [2.05, 4.69) is 59.7 Å². The Kier molecular flexibility index (Phi) is 2.34. The summed E-state index contributed by atoms with van der Waals surface area (Å²) in [6.07, 6.45) is 5.34. The zero-order chi connectivity index (χ0) is 18.6. The number of nitrogens with two attached hydrogens (primary N) is 1. The number of nitrogens with zero attached hydrogens (tertiary/aromatic N) is 1. The van der Waals surface area contributed by atoms with Crippen molar-refractivity contribution in [3.8, 4) is 0 Å². The van der Waals surface area contributed by atoms with E-state index in [0.29, 0.717) is 5.69 Å². The first kappa shape index (κ1) is 14.4. The minimum absolute atomic E-state index is 0.714. The SMILES string of the molecule is [N-]=[NH+]c1cc2cccc3cc4cc5c6c(cc(N)c7cc1c(c23)c4c76)C=CC5. The number of nitrogen functional groups attached to an aromatic ring is 1. The van der Waals surface area contributed by atoms with Gasteiger partial charge in [-0.05, 0) is 68.1 Å². The topological polar surface area (TPSA) is 62.3 Å². The molecular weight excluding hydrogens is 342 g/mol. The molecule has 0 unspecified atom stereocenters. The summed E-state index contributed by atoms with van der Waals surface area (Å²) < 4.78 is 0. The number of anilines is 1. The van der Waals surface area contributed by atoms with Crippen LogP contribution in [0.3, 0.4) is 0 Å². The maximum atomic E-state index is 9.87. The Morgan fingerprint density at radius 1 is 0.786 bits per heavy atom. The lowest BCUT2D eigenvalue weighted by atomic mass is 9.81. The van der Waals surface area contributed by atoms with Crippen molar-refractivity contribution in [2.45, 2.75) is 6.42 Å². The number of benzene rings is 6. The molecule has 0 saturated carbocycles. The van der Waals surface area contributed by atoms with E-state index >= 15 is 0 Å². The molecule has 0 radical (unpaired) electrons. The summed E-state index contributed by atoms with van der Waals surface area (Å²) in [4.78, 5) is 0. The predicted molar refractivity (Wildman–Crippen MR) is 117 cm³/mol. The zero-order valence-electron chi connectivity index (χ0n) is 15.0. The first-order chi connectivity index (χ1) is 13.7. The van der Waals surface area contributed by atoms with E-state index in [4.69, 9.17) is 5.73 Å². The van der Waals surface area contributed by atoms with Crippen LogP contribution in [0, 0.1) is 0 Å². The van der Waals surface area contributed by atoms with Gasteiger partial charge in [-0.15, -0.1) is 0 Å². The van der Waals surface area contributed by atoms with Crippen LogP contribution in [0.1, 0.15) is 11.1 Å². The van der Waals surface area contributed by atoms with Crippen molar-refractivity contribution >= 4 is 71.3 Å². The minimum Gasteiger partial charge on any atom is -0.502 e. The van der Waals surface area contributed by atoms with Crippen LogP contribution in [0.15, 0.2) is 54.6 Å². The Morgan fingerprint density at radius 3 is 2.46 bits per heavy atom. The third kappa shape index (κ3) is 1.49. The van der Waals surface area contributed by atoms with Crippen molar-refractivity contribution in [1.82, 2.24) is 0 Å². The zero-order valence-corrected chi connectivity index (χ0v) is 15.0. The molecule has 0 heterocycles. The monoisotopic (exact) mass is 357 g/mol. The van der Waals surface area contributed by atoms with Crippen LogP contribution in [0.25, 0.3) is 65.5 Å². The molecule has 0 bridgehead atoms. The average Bonchev–Trinajstić information content (AvgIpc) is 2.72. The van der Waals surface area contributed by atoms with Crippen LogP contribution < -0.4 is 10.8 Å². The van der Waals surface area contributed by atoms with Gasteiger partial charge in [0.05, 0.1) is 5.39 Å². The summed E-state index contributed by atoms with van der Waals surface area (Å²) in [6, 6.07) is 17.2. The fourth-order valence-corrected chi connectivity index (χ4v) is 5.40. The molecule has 7 rings (SSSR count). The van der Waals surface area contributed by atoms with Crippen molar-refractivity contribution < 1.29 is 5.11 Å².